The number of fused-ring (bicyclic) bond motifs is 5. The fourth-order valence-corrected chi connectivity index (χ4v) is 7.92. The van der Waals surface area contributed by atoms with E-state index in [1.165, 1.54) is 0 Å². The summed E-state index contributed by atoms with van der Waals surface area (Å²) in [4.78, 5) is -3.18. The van der Waals surface area contributed by atoms with Gasteiger partial charge in [0.05, 0.1) is 35.9 Å². The van der Waals surface area contributed by atoms with Crippen molar-refractivity contribution >= 4 is 92.8 Å². The third-order valence-corrected chi connectivity index (χ3v) is 9.71. The third kappa shape index (κ3) is 1.32. The first-order chi connectivity index (χ1) is 8.12. The number of hydrogen-bond donors (Lipinski definition) is 0. The van der Waals surface area contributed by atoms with Crippen LogP contribution < -0.4 is 0 Å². The van der Waals surface area contributed by atoms with Crippen LogP contribution in [0.4, 0.5) is 0 Å². The van der Waals surface area contributed by atoms with Gasteiger partial charge in [0, 0.05) is 5.92 Å². The first kappa shape index (κ1) is 15.0. The van der Waals surface area contributed by atoms with Gasteiger partial charge in [0.25, 0.3) is 0 Å². The van der Waals surface area contributed by atoms with E-state index in [1.807, 2.05) is 0 Å². The highest BCUT2D eigenvalue weighted by Crippen LogP contribution is 2.76. The van der Waals surface area contributed by atoms with Crippen molar-refractivity contribution in [3.8, 4) is 0 Å². The van der Waals surface area contributed by atoms with Crippen LogP contribution in [0.25, 0.3) is 0 Å². The van der Waals surface area contributed by atoms with E-state index in [1.54, 1.807) is 0 Å². The normalized spacial score (nSPS) is 62.7. The van der Waals surface area contributed by atoms with Crippen LogP contribution in [0.5, 0.6) is 0 Å². The molecule has 102 valence electrons. The molecule has 0 amide bonds. The number of rotatable bonds is 0. The van der Waals surface area contributed by atoms with Crippen molar-refractivity contribution < 1.29 is 0 Å². The maximum atomic E-state index is 6.70. The molecule has 0 aromatic rings. The van der Waals surface area contributed by atoms with Crippen LogP contribution in [0.1, 0.15) is 6.42 Å². The average molecular weight is 410 g/mol. The summed E-state index contributed by atoms with van der Waals surface area (Å²) >= 11 is 51.2. The molecule has 3 rings (SSSR count). The smallest absolute Gasteiger partial charge is 0.104 e. The Morgan fingerprint density at radius 1 is 0.889 bits per heavy atom. The lowest BCUT2D eigenvalue weighted by Gasteiger charge is -2.42. The van der Waals surface area contributed by atoms with Crippen LogP contribution in [0.3, 0.4) is 0 Å². The molecule has 0 N–H and O–H groups in total. The van der Waals surface area contributed by atoms with E-state index in [9.17, 15) is 0 Å². The van der Waals surface area contributed by atoms with Crippen LogP contribution in [0.15, 0.2) is 10.1 Å². The van der Waals surface area contributed by atoms with Gasteiger partial charge in [0.15, 0.2) is 0 Å². The topological polar surface area (TPSA) is 0 Å². The molecule has 2 fully saturated rings. The van der Waals surface area contributed by atoms with E-state index in [4.69, 9.17) is 92.8 Å². The summed E-state index contributed by atoms with van der Waals surface area (Å²) in [5.41, 5.74) is 0. The molecular weight excluding hydrogens is 404 g/mol. The highest BCUT2D eigenvalue weighted by Gasteiger charge is 2.82. The second-order valence-electron chi connectivity index (χ2n) is 5.00. The van der Waals surface area contributed by atoms with Crippen LogP contribution in [0, 0.1) is 5.92 Å². The molecule has 3 aliphatic carbocycles. The summed E-state index contributed by atoms with van der Waals surface area (Å²) in [5, 5.41) is -1.12. The lowest BCUT2D eigenvalue weighted by atomic mass is 9.83. The Labute approximate surface area is 145 Å². The van der Waals surface area contributed by atoms with Gasteiger partial charge in [-0.05, 0) is 6.42 Å². The van der Waals surface area contributed by atoms with E-state index in [0.717, 1.165) is 0 Å². The zero-order valence-corrected chi connectivity index (χ0v) is 14.6. The van der Waals surface area contributed by atoms with Gasteiger partial charge in [0.2, 0.25) is 0 Å². The Hall–Kier alpha value is 2.06. The SMILES string of the molecule is ClC1=C(Cl)C2(Cl)CC1(Cl)C1C(Cl)C(Cl)C(Cl)C12Cl. The molecule has 0 aliphatic heterocycles. The Bertz CT molecular complexity index is 463. The second kappa shape index (κ2) is 4.07. The van der Waals surface area contributed by atoms with Crippen LogP contribution >= 0.6 is 92.8 Å². The highest BCUT2D eigenvalue weighted by molar-refractivity contribution is 6.56. The average Bonchev–Trinajstić information content (AvgIpc) is 2.69. The molecule has 8 heteroatoms. The monoisotopic (exact) mass is 406 g/mol. The lowest BCUT2D eigenvalue weighted by molar-refractivity contribution is 0.421. The van der Waals surface area contributed by atoms with Gasteiger partial charge >= 0.3 is 0 Å². The molecule has 0 saturated heterocycles. The number of allylic oxidation sites excluding steroid dienone is 2. The minimum Gasteiger partial charge on any atom is -0.121 e. The first-order valence-corrected chi connectivity index (χ1v) is 8.37. The summed E-state index contributed by atoms with van der Waals surface area (Å²) in [6.07, 6.45) is 0.311. The number of halogens is 8. The zero-order valence-electron chi connectivity index (χ0n) is 8.54. The first-order valence-electron chi connectivity index (χ1n) is 5.17. The Morgan fingerprint density at radius 2 is 1.44 bits per heavy atom. The number of alkyl halides is 6. The third-order valence-electron chi connectivity index (χ3n) is 4.26. The Morgan fingerprint density at radius 3 is 2.00 bits per heavy atom. The maximum Gasteiger partial charge on any atom is 0.104 e. The van der Waals surface area contributed by atoms with Gasteiger partial charge in [-0.15, -0.1) is 69.6 Å². The number of hydrogen-bond acceptors (Lipinski definition) is 0. The molecule has 18 heavy (non-hydrogen) atoms. The quantitative estimate of drug-likeness (QED) is 0.465. The fourth-order valence-electron chi connectivity index (χ4n) is 3.45. The minimum atomic E-state index is -1.11. The van der Waals surface area contributed by atoms with Crippen LogP contribution in [-0.4, -0.2) is 30.8 Å². The van der Waals surface area contributed by atoms with Gasteiger partial charge < -0.3 is 0 Å². The summed E-state index contributed by atoms with van der Waals surface area (Å²) in [6, 6.07) is 0. The van der Waals surface area contributed by atoms with Crippen molar-refractivity contribution in [1.29, 1.82) is 0 Å². The van der Waals surface area contributed by atoms with E-state index in [2.05, 4.69) is 0 Å². The van der Waals surface area contributed by atoms with Crippen LogP contribution in [0.2, 0.25) is 0 Å². The molecular formula is C10H6Cl8. The zero-order chi connectivity index (χ0) is 13.7. The summed E-state index contributed by atoms with van der Waals surface area (Å²) in [6.45, 7) is 0. The minimum absolute atomic E-state index is 0.257. The van der Waals surface area contributed by atoms with E-state index >= 15 is 0 Å². The Balaban J connectivity index is 2.27. The summed E-state index contributed by atoms with van der Waals surface area (Å²) in [7, 11) is 0. The maximum absolute atomic E-state index is 6.70. The molecule has 0 heterocycles. The van der Waals surface area contributed by atoms with E-state index in [-0.39, 0.29) is 5.03 Å². The largest absolute Gasteiger partial charge is 0.121 e. The van der Waals surface area contributed by atoms with Gasteiger partial charge in [-0.1, -0.05) is 23.2 Å². The predicted octanol–water partition coefficient (Wildman–Crippen LogP) is 5.48. The standard InChI is InChI=1S/C10H6Cl8/c11-2-3(12)5(13)10(18)4(2)8(16)1-9(10,17)7(15)6(8)14/h2-5H,1H2. The van der Waals surface area contributed by atoms with Crippen molar-refractivity contribution in [3.05, 3.63) is 10.1 Å². The lowest BCUT2D eigenvalue weighted by Crippen LogP contribution is -2.52. The van der Waals surface area contributed by atoms with Crippen molar-refractivity contribution in [3.63, 3.8) is 0 Å². The molecule has 7 atom stereocenters. The van der Waals surface area contributed by atoms with E-state index < -0.39 is 36.7 Å². The molecule has 2 bridgehead atoms. The van der Waals surface area contributed by atoms with Gasteiger partial charge in [0.1, 0.15) is 4.87 Å². The van der Waals surface area contributed by atoms with E-state index in [0.29, 0.717) is 11.5 Å². The van der Waals surface area contributed by atoms with Crippen LogP contribution in [-0.2, 0) is 0 Å². The van der Waals surface area contributed by atoms with Gasteiger partial charge in [-0.3, -0.25) is 0 Å². The van der Waals surface area contributed by atoms with Crippen molar-refractivity contribution in [2.24, 2.45) is 5.92 Å². The second-order valence-corrected chi connectivity index (χ2v) is 9.18. The summed E-state index contributed by atoms with van der Waals surface area (Å²) in [5.74, 6) is -0.424. The highest BCUT2D eigenvalue weighted by atomic mass is 35.5. The van der Waals surface area contributed by atoms with Crippen molar-refractivity contribution in [2.75, 3.05) is 0 Å². The predicted molar refractivity (Wildman–Crippen MR) is 81.5 cm³/mol. The molecule has 0 aromatic heterocycles. The molecule has 3 aliphatic rings. The molecule has 0 radical (unpaired) electrons. The summed E-state index contributed by atoms with van der Waals surface area (Å²) < 4.78 is 0. The van der Waals surface area contributed by atoms with Gasteiger partial charge in [-0.2, -0.15) is 0 Å². The van der Waals surface area contributed by atoms with Crippen molar-refractivity contribution in [1.82, 2.24) is 0 Å². The fraction of sp³-hybridized carbons (Fsp3) is 0.800. The molecule has 0 nitrogen and oxygen atoms in total. The van der Waals surface area contributed by atoms with Crippen molar-refractivity contribution in [2.45, 2.75) is 37.2 Å². The molecule has 0 spiro atoms. The Kier molecular flexibility index (Phi) is 3.39. The molecule has 0 aromatic carbocycles. The molecule has 7 unspecified atom stereocenters. The molecule has 2 saturated carbocycles. The van der Waals surface area contributed by atoms with Gasteiger partial charge in [-0.25, -0.2) is 0 Å².